The van der Waals surface area contributed by atoms with Crippen molar-refractivity contribution in [2.24, 2.45) is 0 Å². The van der Waals surface area contributed by atoms with E-state index in [0.717, 1.165) is 16.8 Å². The summed E-state index contributed by atoms with van der Waals surface area (Å²) in [6.45, 7) is 2.89. The van der Waals surface area contributed by atoms with Crippen LogP contribution in [-0.2, 0) is 16.3 Å². The average Bonchev–Trinajstić information content (AvgIpc) is 3.33. The van der Waals surface area contributed by atoms with E-state index in [0.29, 0.717) is 17.0 Å². The van der Waals surface area contributed by atoms with Crippen molar-refractivity contribution in [2.75, 3.05) is 35.3 Å². The molecule has 0 aliphatic carbocycles. The molecule has 1 atom stereocenters. The molecule has 1 saturated heterocycles. The van der Waals surface area contributed by atoms with Crippen LogP contribution in [-0.4, -0.2) is 57.6 Å². The van der Waals surface area contributed by atoms with E-state index in [4.69, 9.17) is 16.3 Å². The van der Waals surface area contributed by atoms with Crippen molar-refractivity contribution in [3.8, 4) is 0 Å². The number of anilines is 3. The van der Waals surface area contributed by atoms with Crippen molar-refractivity contribution in [1.29, 1.82) is 0 Å². The Labute approximate surface area is 209 Å². The van der Waals surface area contributed by atoms with Crippen molar-refractivity contribution < 1.29 is 35.9 Å². The van der Waals surface area contributed by atoms with E-state index in [9.17, 15) is 31.1 Å². The Morgan fingerprint density at radius 2 is 1.95 bits per heavy atom. The van der Waals surface area contributed by atoms with E-state index >= 15 is 0 Å². The summed E-state index contributed by atoms with van der Waals surface area (Å²) in [6, 6.07) is 1.55. The third kappa shape index (κ3) is 4.21. The fraction of sp³-hybridized carbons (Fsp3) is 0.333. The lowest BCUT2D eigenvalue weighted by Crippen LogP contribution is -2.47. The van der Waals surface area contributed by atoms with Gasteiger partial charge in [0, 0.05) is 17.8 Å². The first-order valence-electron chi connectivity index (χ1n) is 10.6. The van der Waals surface area contributed by atoms with Gasteiger partial charge in [-0.05, 0) is 6.07 Å². The average molecular weight is 548 g/mol. The number of amides is 2. The first kappa shape index (κ1) is 25.1. The molecule has 0 unspecified atom stereocenters. The summed E-state index contributed by atoms with van der Waals surface area (Å²) < 4.78 is 89.4. The summed E-state index contributed by atoms with van der Waals surface area (Å²) in [4.78, 5) is 21.5. The molecule has 196 valence electrons. The van der Waals surface area contributed by atoms with Crippen LogP contribution in [0.4, 0.5) is 48.3 Å². The summed E-state index contributed by atoms with van der Waals surface area (Å²) in [6.07, 6.45) is -8.09. The molecule has 5 rings (SSSR count). The van der Waals surface area contributed by atoms with Gasteiger partial charge in [-0.2, -0.15) is 31.4 Å². The summed E-state index contributed by atoms with van der Waals surface area (Å²) >= 11 is 5.88. The highest BCUT2D eigenvalue weighted by atomic mass is 35.5. The number of fused-ring (bicyclic) bond motifs is 3. The van der Waals surface area contributed by atoms with Gasteiger partial charge in [-0.3, -0.25) is 4.90 Å². The van der Waals surface area contributed by atoms with E-state index in [1.807, 2.05) is 0 Å². The van der Waals surface area contributed by atoms with E-state index in [1.54, 1.807) is 0 Å². The van der Waals surface area contributed by atoms with Crippen LogP contribution >= 0.6 is 11.6 Å². The van der Waals surface area contributed by atoms with Crippen molar-refractivity contribution in [2.45, 2.75) is 23.8 Å². The first-order chi connectivity index (χ1) is 17.3. The molecule has 5 heterocycles. The highest BCUT2D eigenvalue weighted by Crippen LogP contribution is 2.51. The maximum atomic E-state index is 14.4. The largest absolute Gasteiger partial charge is 0.433 e. The standard InChI is InChI=1S/C21H16ClF6N7O2/c1-2-19(21(26,27)28)9-34(12-6-29-16-5-14(22)33-35(16)17(12)19)18(36)31-10-3-13(20(23,24)25)32-15(4-10)30-11-7-37-8-11/h2-6,11H,1,7-9H2,(H2,30,31,32,36)/t19-/m1/s1. The van der Waals surface area contributed by atoms with Gasteiger partial charge in [-0.15, -0.1) is 6.58 Å². The monoisotopic (exact) mass is 547 g/mol. The Morgan fingerprint density at radius 1 is 1.22 bits per heavy atom. The molecule has 2 amide bonds. The number of nitrogens with one attached hydrogen (secondary N) is 2. The first-order valence-corrected chi connectivity index (χ1v) is 11.0. The van der Waals surface area contributed by atoms with Crippen molar-refractivity contribution in [1.82, 2.24) is 19.6 Å². The molecule has 16 heteroatoms. The molecule has 0 bridgehead atoms. The Kier molecular flexibility index (Phi) is 5.75. The normalized spacial score (nSPS) is 20.0. The van der Waals surface area contributed by atoms with Gasteiger partial charge in [-0.25, -0.2) is 19.3 Å². The molecule has 2 aliphatic heterocycles. The van der Waals surface area contributed by atoms with E-state index in [2.05, 4.69) is 32.3 Å². The molecule has 1 fully saturated rings. The molecular weight excluding hydrogens is 532 g/mol. The maximum absolute atomic E-state index is 14.4. The van der Waals surface area contributed by atoms with Crippen molar-refractivity contribution in [3.05, 3.63) is 53.6 Å². The predicted octanol–water partition coefficient (Wildman–Crippen LogP) is 4.65. The van der Waals surface area contributed by atoms with E-state index < -0.39 is 41.7 Å². The van der Waals surface area contributed by atoms with Gasteiger partial charge in [0.2, 0.25) is 0 Å². The summed E-state index contributed by atoms with van der Waals surface area (Å²) in [5.41, 5.74) is -5.13. The highest BCUT2D eigenvalue weighted by Gasteiger charge is 2.62. The topological polar surface area (TPSA) is 96.7 Å². The second-order valence-corrected chi connectivity index (χ2v) is 8.81. The summed E-state index contributed by atoms with van der Waals surface area (Å²) in [7, 11) is 0. The van der Waals surface area contributed by atoms with Crippen LogP contribution < -0.4 is 15.5 Å². The second-order valence-electron chi connectivity index (χ2n) is 8.42. The molecule has 0 aromatic carbocycles. The fourth-order valence-corrected chi connectivity index (χ4v) is 4.32. The van der Waals surface area contributed by atoms with Gasteiger partial charge >= 0.3 is 18.4 Å². The smallest absolute Gasteiger partial charge is 0.377 e. The van der Waals surface area contributed by atoms with Crippen LogP contribution in [0.1, 0.15) is 11.4 Å². The molecule has 9 nitrogen and oxygen atoms in total. The Morgan fingerprint density at radius 3 is 2.54 bits per heavy atom. The van der Waals surface area contributed by atoms with Gasteiger partial charge < -0.3 is 15.4 Å². The number of aromatic nitrogens is 4. The molecule has 2 N–H and O–H groups in total. The zero-order chi connectivity index (χ0) is 26.8. The summed E-state index contributed by atoms with van der Waals surface area (Å²) in [5.74, 6) is -0.189. The number of carbonyl (C=O) groups excluding carboxylic acids is 1. The second kappa shape index (κ2) is 8.48. The number of urea groups is 1. The number of hydrogen-bond acceptors (Lipinski definition) is 6. The predicted molar refractivity (Wildman–Crippen MR) is 120 cm³/mol. The minimum atomic E-state index is -4.92. The lowest BCUT2D eigenvalue weighted by molar-refractivity contribution is -0.172. The van der Waals surface area contributed by atoms with Gasteiger partial charge in [-0.1, -0.05) is 17.7 Å². The Hall–Kier alpha value is -3.59. The summed E-state index contributed by atoms with van der Waals surface area (Å²) in [5, 5.41) is 8.75. The van der Waals surface area contributed by atoms with Gasteiger partial charge in [0.25, 0.3) is 0 Å². The number of carbonyl (C=O) groups is 1. The van der Waals surface area contributed by atoms with E-state index in [-0.39, 0.29) is 47.2 Å². The number of halogens is 7. The van der Waals surface area contributed by atoms with Crippen molar-refractivity contribution >= 4 is 40.5 Å². The number of alkyl halides is 6. The number of hydrogen-bond donors (Lipinski definition) is 2. The van der Waals surface area contributed by atoms with Crippen LogP contribution in [0.2, 0.25) is 5.15 Å². The highest BCUT2D eigenvalue weighted by molar-refractivity contribution is 6.29. The minimum absolute atomic E-state index is 0.00104. The SMILES string of the molecule is C=C[C@@]1(C(F)(F)F)CN(C(=O)Nc2cc(NC3COC3)nc(C(F)(F)F)c2)c2cnc3cc(Cl)nn3c21. The quantitative estimate of drug-likeness (QED) is 0.365. The number of ether oxygens (including phenoxy) is 1. The number of nitrogens with zero attached hydrogens (tertiary/aromatic N) is 5. The van der Waals surface area contributed by atoms with Crippen LogP contribution in [0.25, 0.3) is 5.65 Å². The molecule has 3 aromatic rings. The number of rotatable bonds is 4. The molecule has 0 radical (unpaired) electrons. The molecular formula is C21H16ClF6N7O2. The minimum Gasteiger partial charge on any atom is -0.377 e. The zero-order valence-corrected chi connectivity index (χ0v) is 19.2. The Bertz CT molecular complexity index is 1400. The van der Waals surface area contributed by atoms with Crippen LogP contribution in [0.5, 0.6) is 0 Å². The zero-order valence-electron chi connectivity index (χ0n) is 18.5. The molecule has 37 heavy (non-hydrogen) atoms. The Balaban J connectivity index is 1.54. The maximum Gasteiger partial charge on any atom is 0.433 e. The van der Waals surface area contributed by atoms with Gasteiger partial charge in [0.05, 0.1) is 43.4 Å². The van der Waals surface area contributed by atoms with Crippen LogP contribution in [0.3, 0.4) is 0 Å². The van der Waals surface area contributed by atoms with E-state index in [1.165, 1.54) is 6.07 Å². The van der Waals surface area contributed by atoms with Crippen molar-refractivity contribution in [3.63, 3.8) is 0 Å². The third-order valence-corrected chi connectivity index (χ3v) is 6.20. The molecule has 0 saturated carbocycles. The number of pyridine rings is 1. The van der Waals surface area contributed by atoms with Crippen LogP contribution in [0, 0.1) is 0 Å². The molecule has 3 aromatic heterocycles. The molecule has 2 aliphatic rings. The molecule has 0 spiro atoms. The van der Waals surface area contributed by atoms with Gasteiger partial charge in [0.15, 0.2) is 10.8 Å². The third-order valence-electron chi connectivity index (χ3n) is 6.01. The van der Waals surface area contributed by atoms with Gasteiger partial charge in [0.1, 0.15) is 16.9 Å². The lowest BCUT2D eigenvalue weighted by atomic mass is 9.85. The fourth-order valence-electron chi connectivity index (χ4n) is 4.14. The van der Waals surface area contributed by atoms with Crippen LogP contribution in [0.15, 0.2) is 37.1 Å². The lowest BCUT2D eigenvalue weighted by Gasteiger charge is -2.29.